The average molecular weight is 330 g/mol. The second-order valence-corrected chi connectivity index (χ2v) is 6.11. The van der Waals surface area contributed by atoms with E-state index in [-0.39, 0.29) is 0 Å². The number of aromatic nitrogens is 2. The van der Waals surface area contributed by atoms with Gasteiger partial charge in [-0.05, 0) is 36.1 Å². The minimum absolute atomic E-state index is 0.320. The highest BCUT2D eigenvalue weighted by molar-refractivity contribution is 7.13. The van der Waals surface area contributed by atoms with E-state index < -0.39 is 0 Å². The molecule has 0 atom stereocenters. The molecule has 19 heavy (non-hydrogen) atoms. The van der Waals surface area contributed by atoms with Crippen molar-refractivity contribution in [1.29, 1.82) is 0 Å². The summed E-state index contributed by atoms with van der Waals surface area (Å²) in [7, 11) is 0. The van der Waals surface area contributed by atoms with Crippen LogP contribution in [0.3, 0.4) is 0 Å². The second kappa shape index (κ2) is 4.91. The van der Waals surface area contributed by atoms with Gasteiger partial charge in [0, 0.05) is 0 Å². The van der Waals surface area contributed by atoms with Gasteiger partial charge in [-0.3, -0.25) is 0 Å². The average Bonchev–Trinajstić information content (AvgIpc) is 2.79. The van der Waals surface area contributed by atoms with Crippen molar-refractivity contribution in [2.24, 2.45) is 0 Å². The van der Waals surface area contributed by atoms with Gasteiger partial charge in [0.05, 0.1) is 25.8 Å². The van der Waals surface area contributed by atoms with Gasteiger partial charge in [0.15, 0.2) is 5.82 Å². The summed E-state index contributed by atoms with van der Waals surface area (Å²) < 4.78 is 0. The molecule has 0 radical (unpaired) electrons. The number of rotatable bonds is 1. The van der Waals surface area contributed by atoms with Gasteiger partial charge in [0.2, 0.25) is 0 Å². The lowest BCUT2D eigenvalue weighted by Gasteiger charge is -2.06. The van der Waals surface area contributed by atoms with Crippen LogP contribution in [0.2, 0.25) is 15.2 Å². The van der Waals surface area contributed by atoms with Gasteiger partial charge in [-0.1, -0.05) is 34.8 Å². The summed E-state index contributed by atoms with van der Waals surface area (Å²) in [5.74, 6) is 0.578. The largest absolute Gasteiger partial charge is 0.225 e. The minimum Gasteiger partial charge on any atom is -0.225 e. The summed E-state index contributed by atoms with van der Waals surface area (Å²) in [5, 5.41) is 3.92. The third kappa shape index (κ3) is 2.21. The van der Waals surface area contributed by atoms with Gasteiger partial charge in [0.1, 0.15) is 5.15 Å². The molecule has 3 rings (SSSR count). The summed E-state index contributed by atoms with van der Waals surface area (Å²) in [5.41, 5.74) is 1.69. The zero-order valence-corrected chi connectivity index (χ0v) is 12.8. The molecule has 0 bridgehead atoms. The van der Waals surface area contributed by atoms with Crippen molar-refractivity contribution >= 4 is 57.0 Å². The quantitative estimate of drug-likeness (QED) is 0.541. The van der Waals surface area contributed by atoms with E-state index in [0.29, 0.717) is 31.9 Å². The molecule has 0 aliphatic carbocycles. The summed E-state index contributed by atoms with van der Waals surface area (Å²) in [4.78, 5) is 9.81. The molecule has 2 heterocycles. The summed E-state index contributed by atoms with van der Waals surface area (Å²) in [6.45, 7) is 2.01. The van der Waals surface area contributed by atoms with Crippen molar-refractivity contribution in [1.82, 2.24) is 9.97 Å². The molecule has 2 aromatic heterocycles. The lowest BCUT2D eigenvalue weighted by atomic mass is 10.2. The van der Waals surface area contributed by atoms with E-state index in [0.717, 1.165) is 10.4 Å². The fourth-order valence-electron chi connectivity index (χ4n) is 1.83. The zero-order valence-electron chi connectivity index (χ0n) is 9.75. The third-order valence-corrected chi connectivity index (χ3v) is 4.68. The van der Waals surface area contributed by atoms with Crippen molar-refractivity contribution in [3.63, 3.8) is 0 Å². The normalized spacial score (nSPS) is 11.2. The first-order valence-corrected chi connectivity index (χ1v) is 7.45. The third-order valence-electron chi connectivity index (χ3n) is 2.77. The topological polar surface area (TPSA) is 25.8 Å². The van der Waals surface area contributed by atoms with E-state index in [1.54, 1.807) is 23.5 Å². The van der Waals surface area contributed by atoms with Crippen LogP contribution in [-0.4, -0.2) is 9.97 Å². The number of hydrogen-bond acceptors (Lipinski definition) is 3. The van der Waals surface area contributed by atoms with Gasteiger partial charge < -0.3 is 0 Å². The van der Waals surface area contributed by atoms with E-state index in [2.05, 4.69) is 9.97 Å². The number of hydrogen-bond donors (Lipinski definition) is 0. The Labute approximate surface area is 129 Å². The molecule has 0 amide bonds. The van der Waals surface area contributed by atoms with Crippen LogP contribution in [0.25, 0.3) is 21.6 Å². The van der Waals surface area contributed by atoms with E-state index in [1.807, 2.05) is 18.4 Å². The number of fused-ring (bicyclic) bond motifs is 1. The van der Waals surface area contributed by atoms with Crippen molar-refractivity contribution in [3.05, 3.63) is 44.3 Å². The van der Waals surface area contributed by atoms with Crippen LogP contribution >= 0.6 is 46.1 Å². The zero-order chi connectivity index (χ0) is 13.6. The molecule has 6 heteroatoms. The van der Waals surface area contributed by atoms with E-state index in [4.69, 9.17) is 34.8 Å². The predicted molar refractivity (Wildman–Crippen MR) is 82.6 cm³/mol. The Morgan fingerprint density at radius 3 is 2.42 bits per heavy atom. The number of aryl methyl sites for hydroxylation is 1. The number of thiophene rings is 1. The Morgan fingerprint density at radius 1 is 1.00 bits per heavy atom. The first kappa shape index (κ1) is 13.1. The molecular formula is C13H7Cl3N2S. The Hall–Kier alpha value is -0.870. The number of benzene rings is 1. The molecule has 2 nitrogen and oxygen atoms in total. The molecule has 1 aromatic carbocycles. The van der Waals surface area contributed by atoms with E-state index >= 15 is 0 Å². The van der Waals surface area contributed by atoms with Crippen molar-refractivity contribution < 1.29 is 0 Å². The highest BCUT2D eigenvalue weighted by atomic mass is 35.5. The summed E-state index contributed by atoms with van der Waals surface area (Å²) >= 11 is 20.1. The number of nitrogens with zero attached hydrogens (tertiary/aromatic N) is 2. The minimum atomic E-state index is 0.320. The molecule has 0 aliphatic rings. The van der Waals surface area contributed by atoms with Gasteiger partial charge in [0.25, 0.3) is 0 Å². The maximum absolute atomic E-state index is 6.22. The lowest BCUT2D eigenvalue weighted by molar-refractivity contribution is 1.23. The summed E-state index contributed by atoms with van der Waals surface area (Å²) in [6.07, 6.45) is 0. The Morgan fingerprint density at radius 2 is 1.74 bits per heavy atom. The van der Waals surface area contributed by atoms with Crippen LogP contribution in [-0.2, 0) is 0 Å². The monoisotopic (exact) mass is 328 g/mol. The fourth-order valence-corrected chi connectivity index (χ4v) is 3.45. The Kier molecular flexibility index (Phi) is 3.39. The van der Waals surface area contributed by atoms with Crippen LogP contribution < -0.4 is 0 Å². The van der Waals surface area contributed by atoms with Crippen LogP contribution in [0, 0.1) is 6.92 Å². The van der Waals surface area contributed by atoms with Gasteiger partial charge in [-0.2, -0.15) is 0 Å². The lowest BCUT2D eigenvalue weighted by Crippen LogP contribution is -1.92. The highest BCUT2D eigenvalue weighted by Gasteiger charge is 2.15. The molecule has 0 aliphatic heterocycles. The molecule has 0 unspecified atom stereocenters. The second-order valence-electron chi connectivity index (χ2n) is 4.02. The van der Waals surface area contributed by atoms with Gasteiger partial charge in [-0.25, -0.2) is 9.97 Å². The van der Waals surface area contributed by atoms with Crippen LogP contribution in [0.1, 0.15) is 5.56 Å². The van der Waals surface area contributed by atoms with Crippen molar-refractivity contribution in [2.75, 3.05) is 0 Å². The van der Waals surface area contributed by atoms with Crippen molar-refractivity contribution in [2.45, 2.75) is 6.92 Å². The van der Waals surface area contributed by atoms with Crippen LogP contribution in [0.5, 0.6) is 0 Å². The molecule has 3 aromatic rings. The Bertz CT molecular complexity index is 783. The first-order valence-electron chi connectivity index (χ1n) is 5.43. The van der Waals surface area contributed by atoms with Crippen molar-refractivity contribution in [3.8, 4) is 10.7 Å². The SMILES string of the molecule is Cc1ccsc1-c1nc(Cl)c2c(Cl)ccc(Cl)c2n1. The van der Waals surface area contributed by atoms with Gasteiger partial charge in [-0.15, -0.1) is 11.3 Å². The van der Waals surface area contributed by atoms with Gasteiger partial charge >= 0.3 is 0 Å². The smallest absolute Gasteiger partial charge is 0.171 e. The maximum Gasteiger partial charge on any atom is 0.171 e. The predicted octanol–water partition coefficient (Wildman–Crippen LogP) is 5.63. The van der Waals surface area contributed by atoms with Crippen LogP contribution in [0.15, 0.2) is 23.6 Å². The summed E-state index contributed by atoms with van der Waals surface area (Å²) in [6, 6.07) is 5.42. The Balaban J connectivity index is 2.37. The maximum atomic E-state index is 6.22. The highest BCUT2D eigenvalue weighted by Crippen LogP contribution is 2.35. The fraction of sp³-hybridized carbons (Fsp3) is 0.0769. The molecule has 0 fully saturated rings. The first-order chi connectivity index (χ1) is 9.08. The molecule has 0 saturated heterocycles. The van der Waals surface area contributed by atoms with Crippen LogP contribution in [0.4, 0.5) is 0 Å². The molecular weight excluding hydrogens is 323 g/mol. The molecule has 0 saturated carbocycles. The standard InChI is InChI=1S/C13H7Cl3N2S/c1-6-4-5-19-11(6)13-17-10-8(15)3-2-7(14)9(10)12(16)18-13/h2-5H,1H3. The molecule has 0 spiro atoms. The molecule has 96 valence electrons. The number of halogens is 3. The molecule has 0 N–H and O–H groups in total. The van der Waals surface area contributed by atoms with E-state index in [9.17, 15) is 0 Å². The van der Waals surface area contributed by atoms with E-state index in [1.165, 1.54) is 0 Å².